The Morgan fingerprint density at radius 2 is 2.12 bits per heavy atom. The van der Waals surface area contributed by atoms with E-state index in [9.17, 15) is 10.1 Å². The second-order valence-corrected chi connectivity index (χ2v) is 6.90. The standard InChI is InChI=1S/C19H20N6O/c1-13-12-24(18-17(10-20)22-5-6-23-18)7-8-25(13)19(26)16-9-15(16)14-3-2-4-21-11-14/h2-6,11,13,15-16H,7-9,12H2,1H3/t13?,15-,16+/m0/s1. The van der Waals surface area contributed by atoms with Crippen molar-refractivity contribution >= 4 is 11.7 Å². The first-order valence-electron chi connectivity index (χ1n) is 8.85. The van der Waals surface area contributed by atoms with Gasteiger partial charge in [0.15, 0.2) is 11.5 Å². The molecule has 1 aliphatic heterocycles. The maximum Gasteiger partial charge on any atom is 0.226 e. The predicted octanol–water partition coefficient (Wildman–Crippen LogP) is 1.58. The third kappa shape index (κ3) is 2.99. The minimum atomic E-state index is 0.0689. The van der Waals surface area contributed by atoms with Crippen LogP contribution < -0.4 is 4.90 Å². The molecule has 3 heterocycles. The van der Waals surface area contributed by atoms with Crippen molar-refractivity contribution in [3.63, 3.8) is 0 Å². The van der Waals surface area contributed by atoms with E-state index in [1.807, 2.05) is 35.1 Å². The minimum absolute atomic E-state index is 0.0689. The van der Waals surface area contributed by atoms with Crippen molar-refractivity contribution in [3.8, 4) is 6.07 Å². The van der Waals surface area contributed by atoms with Crippen LogP contribution in [0.5, 0.6) is 0 Å². The third-order valence-electron chi connectivity index (χ3n) is 5.22. The van der Waals surface area contributed by atoms with Crippen molar-refractivity contribution in [2.24, 2.45) is 5.92 Å². The second kappa shape index (κ2) is 6.71. The van der Waals surface area contributed by atoms with Gasteiger partial charge in [0.25, 0.3) is 0 Å². The fraction of sp³-hybridized carbons (Fsp3) is 0.421. The molecular weight excluding hydrogens is 328 g/mol. The molecule has 0 N–H and O–H groups in total. The summed E-state index contributed by atoms with van der Waals surface area (Å²) < 4.78 is 0. The summed E-state index contributed by atoms with van der Waals surface area (Å²) in [5, 5.41) is 9.22. The molecule has 2 aromatic rings. The number of carbonyl (C=O) groups is 1. The van der Waals surface area contributed by atoms with Crippen LogP contribution in [0, 0.1) is 17.2 Å². The lowest BCUT2D eigenvalue weighted by Gasteiger charge is -2.40. The second-order valence-electron chi connectivity index (χ2n) is 6.90. The van der Waals surface area contributed by atoms with Gasteiger partial charge in [-0.1, -0.05) is 6.07 Å². The largest absolute Gasteiger partial charge is 0.350 e. The number of aromatic nitrogens is 3. The van der Waals surface area contributed by atoms with Gasteiger partial charge in [-0.25, -0.2) is 9.97 Å². The predicted molar refractivity (Wildman–Crippen MR) is 95.2 cm³/mol. The van der Waals surface area contributed by atoms with Crippen LogP contribution in [0.1, 0.15) is 30.5 Å². The number of nitrogens with zero attached hydrogens (tertiary/aromatic N) is 6. The Bertz CT molecular complexity index is 849. The molecule has 1 saturated carbocycles. The van der Waals surface area contributed by atoms with Crippen molar-refractivity contribution in [3.05, 3.63) is 48.2 Å². The van der Waals surface area contributed by atoms with Crippen LogP contribution >= 0.6 is 0 Å². The molecule has 2 aliphatic rings. The first kappa shape index (κ1) is 16.5. The molecule has 0 spiro atoms. The molecule has 7 heteroatoms. The van der Waals surface area contributed by atoms with Gasteiger partial charge in [0.2, 0.25) is 5.91 Å². The number of pyridine rings is 1. The van der Waals surface area contributed by atoms with Crippen LogP contribution in [-0.4, -0.2) is 51.4 Å². The molecule has 1 amide bonds. The molecule has 1 saturated heterocycles. The van der Waals surface area contributed by atoms with Crippen molar-refractivity contribution in [1.29, 1.82) is 5.26 Å². The van der Waals surface area contributed by atoms with Gasteiger partial charge in [0.05, 0.1) is 0 Å². The summed E-state index contributed by atoms with van der Waals surface area (Å²) in [6.45, 7) is 4.00. The van der Waals surface area contributed by atoms with Crippen LogP contribution in [0.25, 0.3) is 0 Å². The smallest absolute Gasteiger partial charge is 0.226 e. The SMILES string of the molecule is CC1CN(c2nccnc2C#N)CCN1C(=O)[C@@H]1C[C@H]1c1cccnc1. The number of piperazine rings is 1. The van der Waals surface area contributed by atoms with E-state index in [1.54, 1.807) is 12.4 Å². The molecule has 3 atom stereocenters. The van der Waals surface area contributed by atoms with Gasteiger partial charge in [-0.2, -0.15) is 5.26 Å². The van der Waals surface area contributed by atoms with Gasteiger partial charge in [-0.05, 0) is 30.9 Å². The summed E-state index contributed by atoms with van der Waals surface area (Å²) in [7, 11) is 0. The minimum Gasteiger partial charge on any atom is -0.350 e. The Morgan fingerprint density at radius 1 is 1.27 bits per heavy atom. The molecule has 0 aromatic carbocycles. The number of hydrogen-bond donors (Lipinski definition) is 0. The highest BCUT2D eigenvalue weighted by molar-refractivity contribution is 5.83. The summed E-state index contributed by atoms with van der Waals surface area (Å²) >= 11 is 0. The number of rotatable bonds is 3. The quantitative estimate of drug-likeness (QED) is 0.837. The monoisotopic (exact) mass is 348 g/mol. The summed E-state index contributed by atoms with van der Waals surface area (Å²) in [5.41, 5.74) is 1.48. The zero-order chi connectivity index (χ0) is 18.1. The fourth-order valence-corrected chi connectivity index (χ4v) is 3.76. The Morgan fingerprint density at radius 3 is 2.85 bits per heavy atom. The number of nitriles is 1. The zero-order valence-corrected chi connectivity index (χ0v) is 14.6. The van der Waals surface area contributed by atoms with E-state index < -0.39 is 0 Å². The molecule has 1 aliphatic carbocycles. The number of anilines is 1. The Labute approximate surface area is 152 Å². The van der Waals surface area contributed by atoms with Crippen molar-refractivity contribution < 1.29 is 4.79 Å². The highest BCUT2D eigenvalue weighted by Gasteiger charge is 2.47. The van der Waals surface area contributed by atoms with Gasteiger partial charge in [-0.3, -0.25) is 9.78 Å². The Kier molecular flexibility index (Phi) is 4.25. The van der Waals surface area contributed by atoms with Crippen LogP contribution in [0.3, 0.4) is 0 Å². The van der Waals surface area contributed by atoms with Crippen LogP contribution in [0.4, 0.5) is 5.82 Å². The van der Waals surface area contributed by atoms with Crippen LogP contribution in [-0.2, 0) is 4.79 Å². The van der Waals surface area contributed by atoms with Crippen molar-refractivity contribution in [2.45, 2.75) is 25.3 Å². The van der Waals surface area contributed by atoms with Gasteiger partial charge in [0, 0.05) is 56.4 Å². The molecule has 2 fully saturated rings. The summed E-state index contributed by atoms with van der Waals surface area (Å²) in [5.74, 6) is 1.20. The zero-order valence-electron chi connectivity index (χ0n) is 14.6. The molecule has 26 heavy (non-hydrogen) atoms. The lowest BCUT2D eigenvalue weighted by molar-refractivity contribution is -0.135. The van der Waals surface area contributed by atoms with Crippen LogP contribution in [0.15, 0.2) is 36.9 Å². The molecule has 0 bridgehead atoms. The number of amides is 1. The topological polar surface area (TPSA) is 86.0 Å². The first-order chi connectivity index (χ1) is 12.7. The van der Waals surface area contributed by atoms with Gasteiger partial charge in [0.1, 0.15) is 6.07 Å². The Hall–Kier alpha value is -3.01. The summed E-state index contributed by atoms with van der Waals surface area (Å²) in [6, 6.07) is 6.13. The van der Waals surface area contributed by atoms with Gasteiger partial charge >= 0.3 is 0 Å². The van der Waals surface area contributed by atoms with E-state index in [0.717, 1.165) is 12.0 Å². The lowest BCUT2D eigenvalue weighted by Crippen LogP contribution is -2.55. The molecule has 1 unspecified atom stereocenters. The average molecular weight is 348 g/mol. The number of hydrogen-bond acceptors (Lipinski definition) is 6. The Balaban J connectivity index is 1.42. The molecular formula is C19H20N6O. The fourth-order valence-electron chi connectivity index (χ4n) is 3.76. The summed E-state index contributed by atoms with van der Waals surface area (Å²) in [4.78, 5) is 29.5. The van der Waals surface area contributed by atoms with Crippen molar-refractivity contribution in [2.75, 3.05) is 24.5 Å². The van der Waals surface area contributed by atoms with E-state index in [1.165, 1.54) is 6.20 Å². The molecule has 0 radical (unpaired) electrons. The van der Waals surface area contributed by atoms with Gasteiger partial charge < -0.3 is 9.80 Å². The lowest BCUT2D eigenvalue weighted by atomic mass is 10.1. The molecule has 4 rings (SSSR count). The van der Waals surface area contributed by atoms with Gasteiger partial charge in [-0.15, -0.1) is 0 Å². The average Bonchev–Trinajstić information content (AvgIpc) is 3.49. The maximum atomic E-state index is 12.9. The van der Waals surface area contributed by atoms with E-state index in [0.29, 0.717) is 37.1 Å². The van der Waals surface area contributed by atoms with E-state index in [2.05, 4.69) is 21.0 Å². The molecule has 7 nitrogen and oxygen atoms in total. The summed E-state index contributed by atoms with van der Waals surface area (Å²) in [6.07, 6.45) is 7.64. The molecule has 132 valence electrons. The highest BCUT2D eigenvalue weighted by Crippen LogP contribution is 2.48. The highest BCUT2D eigenvalue weighted by atomic mass is 16.2. The molecule has 2 aromatic heterocycles. The van der Waals surface area contributed by atoms with E-state index in [4.69, 9.17) is 0 Å². The third-order valence-corrected chi connectivity index (χ3v) is 5.22. The maximum absolute atomic E-state index is 12.9. The number of carbonyl (C=O) groups excluding carboxylic acids is 1. The van der Waals surface area contributed by atoms with Crippen LogP contribution in [0.2, 0.25) is 0 Å². The normalized spacial score (nSPS) is 24.8. The van der Waals surface area contributed by atoms with E-state index in [-0.39, 0.29) is 17.9 Å². The first-order valence-corrected chi connectivity index (χ1v) is 8.85. The van der Waals surface area contributed by atoms with Crippen molar-refractivity contribution in [1.82, 2.24) is 19.9 Å². The van der Waals surface area contributed by atoms with E-state index >= 15 is 0 Å².